The standard InChI is InChI=1S/C23H23N5O3/c1-3-31-23(30)18-14-26-28(21(18)15-24-13-16-8-6-7-11-25-16)20-12-22(29)27(2)19-10-5-4-9-17(19)20/h4-12,14,24H,3,13,15H2,1-2H3. The fourth-order valence-corrected chi connectivity index (χ4v) is 3.51. The van der Waals surface area contributed by atoms with Crippen molar-refractivity contribution in [3.8, 4) is 5.69 Å². The summed E-state index contributed by atoms with van der Waals surface area (Å²) in [6.07, 6.45) is 3.22. The number of aryl methyl sites for hydroxylation is 1. The van der Waals surface area contributed by atoms with Gasteiger partial charge >= 0.3 is 5.97 Å². The fraction of sp³-hybridized carbons (Fsp3) is 0.217. The summed E-state index contributed by atoms with van der Waals surface area (Å²) in [6.45, 7) is 2.88. The summed E-state index contributed by atoms with van der Waals surface area (Å²) >= 11 is 0. The first-order valence-corrected chi connectivity index (χ1v) is 10.0. The number of nitrogens with zero attached hydrogens (tertiary/aromatic N) is 4. The summed E-state index contributed by atoms with van der Waals surface area (Å²) in [5.41, 5.74) is 3.10. The molecule has 1 aromatic carbocycles. The van der Waals surface area contributed by atoms with E-state index in [1.165, 1.54) is 12.3 Å². The van der Waals surface area contributed by atoms with Crippen molar-refractivity contribution in [1.82, 2.24) is 24.6 Å². The highest BCUT2D eigenvalue weighted by Crippen LogP contribution is 2.23. The van der Waals surface area contributed by atoms with Gasteiger partial charge in [0, 0.05) is 37.8 Å². The third-order valence-corrected chi connectivity index (χ3v) is 5.05. The van der Waals surface area contributed by atoms with Crippen molar-refractivity contribution in [3.05, 3.63) is 88.2 Å². The zero-order valence-corrected chi connectivity index (χ0v) is 17.4. The molecule has 0 saturated carbocycles. The van der Waals surface area contributed by atoms with Crippen molar-refractivity contribution in [3.63, 3.8) is 0 Å². The minimum atomic E-state index is -0.448. The molecule has 3 aromatic heterocycles. The van der Waals surface area contributed by atoms with Crippen LogP contribution in [0, 0.1) is 0 Å². The third-order valence-electron chi connectivity index (χ3n) is 5.05. The first kappa shape index (κ1) is 20.5. The molecule has 1 N–H and O–H groups in total. The van der Waals surface area contributed by atoms with Gasteiger partial charge < -0.3 is 14.6 Å². The molecule has 0 unspecified atom stereocenters. The maximum Gasteiger partial charge on any atom is 0.341 e. The van der Waals surface area contributed by atoms with E-state index in [4.69, 9.17) is 4.74 Å². The topological polar surface area (TPSA) is 91.0 Å². The number of para-hydroxylation sites is 1. The van der Waals surface area contributed by atoms with Crippen LogP contribution in [0.1, 0.15) is 28.7 Å². The second-order valence-electron chi connectivity index (χ2n) is 7.01. The lowest BCUT2D eigenvalue weighted by molar-refractivity contribution is 0.0525. The van der Waals surface area contributed by atoms with Crippen molar-refractivity contribution in [2.45, 2.75) is 20.0 Å². The van der Waals surface area contributed by atoms with Crippen molar-refractivity contribution < 1.29 is 9.53 Å². The second-order valence-corrected chi connectivity index (χ2v) is 7.01. The zero-order valence-electron chi connectivity index (χ0n) is 17.4. The Morgan fingerprint density at radius 3 is 2.71 bits per heavy atom. The minimum Gasteiger partial charge on any atom is -0.462 e. The largest absolute Gasteiger partial charge is 0.462 e. The van der Waals surface area contributed by atoms with E-state index < -0.39 is 5.97 Å². The van der Waals surface area contributed by atoms with Gasteiger partial charge in [-0.3, -0.25) is 9.78 Å². The van der Waals surface area contributed by atoms with Crippen LogP contribution in [-0.4, -0.2) is 31.9 Å². The number of benzene rings is 1. The molecule has 4 aromatic rings. The Kier molecular flexibility index (Phi) is 5.90. The summed E-state index contributed by atoms with van der Waals surface area (Å²) in [4.78, 5) is 29.4. The summed E-state index contributed by atoms with van der Waals surface area (Å²) in [6, 6.07) is 14.8. The molecular formula is C23H23N5O3. The Bertz CT molecular complexity index is 1280. The van der Waals surface area contributed by atoms with E-state index in [9.17, 15) is 9.59 Å². The summed E-state index contributed by atoms with van der Waals surface area (Å²) < 4.78 is 8.45. The lowest BCUT2D eigenvalue weighted by Gasteiger charge is -2.14. The lowest BCUT2D eigenvalue weighted by Crippen LogP contribution is -2.22. The van der Waals surface area contributed by atoms with Gasteiger partial charge in [-0.25, -0.2) is 9.48 Å². The van der Waals surface area contributed by atoms with Gasteiger partial charge in [0.05, 0.1) is 35.4 Å². The van der Waals surface area contributed by atoms with Crippen molar-refractivity contribution in [1.29, 1.82) is 0 Å². The monoisotopic (exact) mass is 417 g/mol. The number of pyridine rings is 2. The van der Waals surface area contributed by atoms with Gasteiger partial charge in [-0.05, 0) is 25.1 Å². The Morgan fingerprint density at radius 1 is 1.13 bits per heavy atom. The van der Waals surface area contributed by atoms with Crippen LogP contribution >= 0.6 is 0 Å². The number of rotatable bonds is 7. The highest BCUT2D eigenvalue weighted by molar-refractivity contribution is 5.92. The Morgan fingerprint density at radius 2 is 1.94 bits per heavy atom. The third kappa shape index (κ3) is 4.10. The van der Waals surface area contributed by atoms with Crippen LogP contribution < -0.4 is 10.9 Å². The van der Waals surface area contributed by atoms with Crippen LogP contribution in [0.2, 0.25) is 0 Å². The molecule has 8 nitrogen and oxygen atoms in total. The molecule has 0 atom stereocenters. The maximum absolute atomic E-state index is 12.6. The number of ether oxygens (including phenoxy) is 1. The maximum atomic E-state index is 12.6. The van der Waals surface area contributed by atoms with Crippen molar-refractivity contribution in [2.75, 3.05) is 6.61 Å². The zero-order chi connectivity index (χ0) is 21.8. The first-order chi connectivity index (χ1) is 15.1. The summed E-state index contributed by atoms with van der Waals surface area (Å²) in [7, 11) is 1.73. The molecule has 0 saturated heterocycles. The van der Waals surface area contributed by atoms with Gasteiger partial charge in [0.15, 0.2) is 0 Å². The Balaban J connectivity index is 1.78. The van der Waals surface area contributed by atoms with E-state index in [0.717, 1.165) is 16.6 Å². The smallest absolute Gasteiger partial charge is 0.341 e. The summed E-state index contributed by atoms with van der Waals surface area (Å²) in [5.74, 6) is -0.448. The van der Waals surface area contributed by atoms with Gasteiger partial charge in [-0.1, -0.05) is 24.3 Å². The minimum absolute atomic E-state index is 0.158. The molecule has 0 aliphatic rings. The quantitative estimate of drug-likeness (QED) is 0.465. The number of aromatic nitrogens is 4. The normalized spacial score (nSPS) is 11.0. The second kappa shape index (κ2) is 8.93. The average Bonchev–Trinajstić information content (AvgIpc) is 3.21. The van der Waals surface area contributed by atoms with E-state index in [1.807, 2.05) is 42.5 Å². The van der Waals surface area contributed by atoms with Crippen LogP contribution in [0.4, 0.5) is 0 Å². The first-order valence-electron chi connectivity index (χ1n) is 10.0. The molecule has 158 valence electrons. The predicted molar refractivity (Wildman–Crippen MR) is 117 cm³/mol. The van der Waals surface area contributed by atoms with E-state index in [2.05, 4.69) is 15.4 Å². The Hall–Kier alpha value is -3.78. The van der Waals surface area contributed by atoms with Crippen LogP contribution in [0.15, 0.2) is 65.7 Å². The van der Waals surface area contributed by atoms with Crippen LogP contribution in [0.5, 0.6) is 0 Å². The highest BCUT2D eigenvalue weighted by Gasteiger charge is 2.21. The van der Waals surface area contributed by atoms with Gasteiger partial charge in [-0.15, -0.1) is 0 Å². The molecule has 0 aliphatic heterocycles. The van der Waals surface area contributed by atoms with Gasteiger partial charge in [-0.2, -0.15) is 5.10 Å². The SMILES string of the molecule is CCOC(=O)c1cnn(-c2cc(=O)n(C)c3ccccc23)c1CNCc1ccccn1. The predicted octanol–water partition coefficient (Wildman–Crippen LogP) is 2.59. The van der Waals surface area contributed by atoms with Crippen molar-refractivity contribution >= 4 is 16.9 Å². The van der Waals surface area contributed by atoms with Gasteiger partial charge in [0.1, 0.15) is 5.56 Å². The number of carbonyl (C=O) groups is 1. The molecule has 0 bridgehead atoms. The lowest BCUT2D eigenvalue weighted by atomic mass is 10.1. The Labute approximate surface area is 179 Å². The molecule has 8 heteroatoms. The summed E-state index contributed by atoms with van der Waals surface area (Å²) in [5, 5.41) is 8.62. The van der Waals surface area contributed by atoms with E-state index >= 15 is 0 Å². The van der Waals surface area contributed by atoms with E-state index in [1.54, 1.807) is 29.4 Å². The number of carbonyl (C=O) groups excluding carboxylic acids is 1. The van der Waals surface area contributed by atoms with Gasteiger partial charge in [0.2, 0.25) is 0 Å². The number of hydrogen-bond donors (Lipinski definition) is 1. The van der Waals surface area contributed by atoms with Gasteiger partial charge in [0.25, 0.3) is 5.56 Å². The average molecular weight is 417 g/mol. The molecular weight excluding hydrogens is 394 g/mol. The molecule has 0 fully saturated rings. The number of fused-ring (bicyclic) bond motifs is 1. The molecule has 31 heavy (non-hydrogen) atoms. The highest BCUT2D eigenvalue weighted by atomic mass is 16.5. The van der Waals surface area contributed by atoms with Crippen LogP contribution in [0.25, 0.3) is 16.6 Å². The molecule has 3 heterocycles. The van der Waals surface area contributed by atoms with Crippen molar-refractivity contribution in [2.24, 2.45) is 7.05 Å². The molecule has 0 spiro atoms. The molecule has 0 radical (unpaired) electrons. The molecule has 0 amide bonds. The number of hydrogen-bond acceptors (Lipinski definition) is 6. The van der Waals surface area contributed by atoms with E-state index in [0.29, 0.717) is 30.0 Å². The number of nitrogens with one attached hydrogen (secondary N) is 1. The van der Waals surface area contributed by atoms with E-state index in [-0.39, 0.29) is 12.2 Å². The number of esters is 1. The molecule has 0 aliphatic carbocycles. The molecule has 4 rings (SSSR count). The van der Waals surface area contributed by atoms with Crippen LogP contribution in [-0.2, 0) is 24.9 Å². The fourth-order valence-electron chi connectivity index (χ4n) is 3.51. The van der Waals surface area contributed by atoms with Crippen LogP contribution in [0.3, 0.4) is 0 Å².